The second-order valence-corrected chi connectivity index (χ2v) is 4.65. The second kappa shape index (κ2) is 10.5. The molecular weight excluding hydrogens is 276 g/mol. The Bertz CT molecular complexity index is 399. The van der Waals surface area contributed by atoms with Gasteiger partial charge in [-0.15, -0.1) is 12.4 Å². The molecule has 1 aromatic rings. The van der Waals surface area contributed by atoms with Crippen molar-refractivity contribution in [3.63, 3.8) is 0 Å². The number of benzene rings is 1. The summed E-state index contributed by atoms with van der Waals surface area (Å²) < 4.78 is 5.64. The van der Waals surface area contributed by atoms with Crippen LogP contribution in [-0.4, -0.2) is 25.1 Å². The lowest BCUT2D eigenvalue weighted by Crippen LogP contribution is -2.41. The number of nitrogens with two attached hydrogens (primary N) is 1. The molecule has 4 nitrogen and oxygen atoms in total. The third-order valence-electron chi connectivity index (χ3n) is 2.91. The van der Waals surface area contributed by atoms with Crippen LogP contribution in [0.4, 0.5) is 0 Å². The number of carbonyl (C=O) groups excluding carboxylic acids is 1. The van der Waals surface area contributed by atoms with E-state index in [9.17, 15) is 4.79 Å². The predicted octanol–water partition coefficient (Wildman–Crippen LogP) is 2.43. The zero-order chi connectivity index (χ0) is 14.1. The minimum Gasteiger partial charge on any atom is -0.493 e. The maximum Gasteiger partial charge on any atom is 0.236 e. The molecule has 0 saturated carbocycles. The first kappa shape index (κ1) is 18.7. The Morgan fingerprint density at radius 3 is 2.75 bits per heavy atom. The van der Waals surface area contributed by atoms with Gasteiger partial charge in [-0.1, -0.05) is 31.5 Å². The van der Waals surface area contributed by atoms with E-state index in [-0.39, 0.29) is 24.4 Å². The number of amides is 1. The average molecular weight is 301 g/mol. The number of halogens is 1. The number of hydrogen-bond acceptors (Lipinski definition) is 3. The molecule has 1 atom stereocenters. The first-order valence-corrected chi connectivity index (χ1v) is 6.87. The van der Waals surface area contributed by atoms with Crippen molar-refractivity contribution in [1.29, 1.82) is 0 Å². The molecule has 0 aliphatic heterocycles. The van der Waals surface area contributed by atoms with Crippen molar-refractivity contribution >= 4 is 18.3 Å². The van der Waals surface area contributed by atoms with Gasteiger partial charge in [-0.05, 0) is 31.4 Å². The lowest BCUT2D eigenvalue weighted by Gasteiger charge is -2.12. The van der Waals surface area contributed by atoms with Gasteiger partial charge in [0, 0.05) is 6.54 Å². The lowest BCUT2D eigenvalue weighted by atomic mass is 10.2. The van der Waals surface area contributed by atoms with Crippen molar-refractivity contribution in [3.8, 4) is 5.75 Å². The highest BCUT2D eigenvalue weighted by molar-refractivity contribution is 5.85. The summed E-state index contributed by atoms with van der Waals surface area (Å²) in [6.45, 7) is 5.22. The van der Waals surface area contributed by atoms with E-state index in [4.69, 9.17) is 10.5 Å². The molecule has 1 aromatic carbocycles. The fourth-order valence-electron chi connectivity index (χ4n) is 1.76. The quantitative estimate of drug-likeness (QED) is 0.725. The summed E-state index contributed by atoms with van der Waals surface area (Å²) >= 11 is 0. The SMILES string of the molecule is CCCC(N)C(=O)NCCCOc1ccccc1C.Cl. The first-order valence-electron chi connectivity index (χ1n) is 6.87. The first-order chi connectivity index (χ1) is 9.15. The fourth-order valence-corrected chi connectivity index (χ4v) is 1.76. The largest absolute Gasteiger partial charge is 0.493 e. The van der Waals surface area contributed by atoms with Crippen molar-refractivity contribution < 1.29 is 9.53 Å². The van der Waals surface area contributed by atoms with E-state index in [1.54, 1.807) is 0 Å². The van der Waals surface area contributed by atoms with Gasteiger partial charge in [-0.2, -0.15) is 0 Å². The van der Waals surface area contributed by atoms with Gasteiger partial charge in [-0.25, -0.2) is 0 Å². The molecule has 0 saturated heterocycles. The number of nitrogens with one attached hydrogen (secondary N) is 1. The molecule has 0 spiro atoms. The van der Waals surface area contributed by atoms with E-state index in [1.807, 2.05) is 38.1 Å². The highest BCUT2D eigenvalue weighted by atomic mass is 35.5. The maximum atomic E-state index is 11.5. The van der Waals surface area contributed by atoms with Crippen LogP contribution in [0.15, 0.2) is 24.3 Å². The summed E-state index contributed by atoms with van der Waals surface area (Å²) in [7, 11) is 0. The van der Waals surface area contributed by atoms with E-state index in [0.29, 0.717) is 13.2 Å². The predicted molar refractivity (Wildman–Crippen MR) is 84.4 cm³/mol. The number of aryl methyl sites for hydroxylation is 1. The number of para-hydroxylation sites is 1. The minimum atomic E-state index is -0.387. The van der Waals surface area contributed by atoms with Crippen LogP contribution in [0.3, 0.4) is 0 Å². The zero-order valence-electron chi connectivity index (χ0n) is 12.2. The van der Waals surface area contributed by atoms with Crippen LogP contribution < -0.4 is 15.8 Å². The van der Waals surface area contributed by atoms with Gasteiger partial charge in [0.2, 0.25) is 5.91 Å². The van der Waals surface area contributed by atoms with Gasteiger partial charge in [0.05, 0.1) is 12.6 Å². The molecule has 0 radical (unpaired) electrons. The Balaban J connectivity index is 0.00000361. The molecule has 0 aromatic heterocycles. The van der Waals surface area contributed by atoms with Crippen LogP contribution in [0, 0.1) is 6.92 Å². The van der Waals surface area contributed by atoms with E-state index in [1.165, 1.54) is 0 Å². The van der Waals surface area contributed by atoms with Gasteiger partial charge < -0.3 is 15.8 Å². The van der Waals surface area contributed by atoms with Gasteiger partial charge in [0.1, 0.15) is 5.75 Å². The Kier molecular flexibility index (Phi) is 9.86. The Labute approximate surface area is 127 Å². The summed E-state index contributed by atoms with van der Waals surface area (Å²) in [4.78, 5) is 11.5. The number of ether oxygens (including phenoxy) is 1. The molecule has 5 heteroatoms. The molecule has 0 bridgehead atoms. The monoisotopic (exact) mass is 300 g/mol. The average Bonchev–Trinajstić information content (AvgIpc) is 2.40. The minimum absolute atomic E-state index is 0. The van der Waals surface area contributed by atoms with Crippen molar-refractivity contribution in [3.05, 3.63) is 29.8 Å². The van der Waals surface area contributed by atoms with Crippen molar-refractivity contribution in [2.75, 3.05) is 13.2 Å². The Morgan fingerprint density at radius 1 is 1.40 bits per heavy atom. The summed E-state index contributed by atoms with van der Waals surface area (Å²) in [5, 5.41) is 2.82. The van der Waals surface area contributed by atoms with E-state index in [2.05, 4.69) is 5.32 Å². The van der Waals surface area contributed by atoms with Crippen LogP contribution in [0.25, 0.3) is 0 Å². The molecule has 0 heterocycles. The van der Waals surface area contributed by atoms with E-state index >= 15 is 0 Å². The molecule has 1 unspecified atom stereocenters. The molecule has 20 heavy (non-hydrogen) atoms. The highest BCUT2D eigenvalue weighted by Crippen LogP contribution is 2.15. The van der Waals surface area contributed by atoms with Crippen LogP contribution in [-0.2, 0) is 4.79 Å². The van der Waals surface area contributed by atoms with Crippen molar-refractivity contribution in [2.24, 2.45) is 5.73 Å². The topological polar surface area (TPSA) is 64.4 Å². The van der Waals surface area contributed by atoms with Crippen LogP contribution in [0.5, 0.6) is 5.75 Å². The van der Waals surface area contributed by atoms with Crippen LogP contribution >= 0.6 is 12.4 Å². The molecule has 114 valence electrons. The van der Waals surface area contributed by atoms with Crippen molar-refractivity contribution in [1.82, 2.24) is 5.32 Å². The Hall–Kier alpha value is -1.26. The standard InChI is InChI=1S/C15H24N2O2.ClH/c1-3-7-13(16)15(18)17-10-6-11-19-14-9-5-4-8-12(14)2;/h4-5,8-9,13H,3,6-7,10-11,16H2,1-2H3,(H,17,18);1H. The number of carbonyl (C=O) groups is 1. The zero-order valence-corrected chi connectivity index (χ0v) is 13.0. The molecular formula is C15H25ClN2O2. The van der Waals surface area contributed by atoms with Crippen LogP contribution in [0.1, 0.15) is 31.7 Å². The van der Waals surface area contributed by atoms with Crippen molar-refractivity contribution in [2.45, 2.75) is 39.2 Å². The fraction of sp³-hybridized carbons (Fsp3) is 0.533. The van der Waals surface area contributed by atoms with Gasteiger partial charge in [0.15, 0.2) is 0 Å². The molecule has 1 rings (SSSR count). The maximum absolute atomic E-state index is 11.5. The summed E-state index contributed by atoms with van der Waals surface area (Å²) in [5.74, 6) is 0.828. The lowest BCUT2D eigenvalue weighted by molar-refractivity contribution is -0.122. The van der Waals surface area contributed by atoms with Crippen LogP contribution in [0.2, 0.25) is 0 Å². The number of hydrogen-bond donors (Lipinski definition) is 2. The second-order valence-electron chi connectivity index (χ2n) is 4.65. The summed E-state index contributed by atoms with van der Waals surface area (Å²) in [6.07, 6.45) is 2.43. The smallest absolute Gasteiger partial charge is 0.236 e. The summed E-state index contributed by atoms with van der Waals surface area (Å²) in [6, 6.07) is 7.51. The number of rotatable bonds is 8. The molecule has 3 N–H and O–H groups in total. The Morgan fingerprint density at radius 2 is 2.10 bits per heavy atom. The molecule has 0 aliphatic carbocycles. The third kappa shape index (κ3) is 6.78. The van der Waals surface area contributed by atoms with Gasteiger partial charge in [0.25, 0.3) is 0 Å². The normalized spacial score (nSPS) is 11.3. The molecule has 0 fully saturated rings. The molecule has 0 aliphatic rings. The van der Waals surface area contributed by atoms with E-state index in [0.717, 1.165) is 30.6 Å². The van der Waals surface area contributed by atoms with Gasteiger partial charge in [-0.3, -0.25) is 4.79 Å². The highest BCUT2D eigenvalue weighted by Gasteiger charge is 2.10. The third-order valence-corrected chi connectivity index (χ3v) is 2.91. The van der Waals surface area contributed by atoms with Gasteiger partial charge >= 0.3 is 0 Å². The molecule has 1 amide bonds. The summed E-state index contributed by atoms with van der Waals surface area (Å²) in [5.41, 5.74) is 6.83. The van der Waals surface area contributed by atoms with E-state index < -0.39 is 0 Å².